The lowest BCUT2D eigenvalue weighted by atomic mass is 10.0. The molecule has 1 saturated heterocycles. The summed E-state index contributed by atoms with van der Waals surface area (Å²) in [5, 5.41) is 21.8. The number of aliphatic hydroxyl groups excluding tert-OH is 2. The van der Waals surface area contributed by atoms with E-state index in [1.807, 2.05) is 0 Å². The first-order chi connectivity index (χ1) is 9.33. The highest BCUT2D eigenvalue weighted by molar-refractivity contribution is 5.87. The van der Waals surface area contributed by atoms with Gasteiger partial charge in [-0.3, -0.25) is 4.79 Å². The van der Waals surface area contributed by atoms with Gasteiger partial charge in [0.1, 0.15) is 18.2 Å². The summed E-state index contributed by atoms with van der Waals surface area (Å²) in [6.45, 7) is 3.47. The van der Waals surface area contributed by atoms with Crippen LogP contribution in [-0.4, -0.2) is 67.0 Å². The Morgan fingerprint density at radius 1 is 1.20 bits per heavy atom. The number of amides is 1. The van der Waals surface area contributed by atoms with E-state index < -0.39 is 42.5 Å². The van der Waals surface area contributed by atoms with Crippen LogP contribution in [0.5, 0.6) is 0 Å². The summed E-state index contributed by atoms with van der Waals surface area (Å²) in [6.07, 6.45) is -5.14. The molecule has 0 aliphatic carbocycles. The normalized spacial score (nSPS) is 31.1. The number of methoxy groups -OCH3 is 2. The first-order valence-electron chi connectivity index (χ1n) is 6.26. The minimum atomic E-state index is -1.43. The van der Waals surface area contributed by atoms with Gasteiger partial charge in [0, 0.05) is 7.11 Å². The van der Waals surface area contributed by atoms with E-state index in [0.29, 0.717) is 0 Å². The lowest BCUT2D eigenvalue weighted by molar-refractivity contribution is -0.163. The van der Waals surface area contributed by atoms with Crippen molar-refractivity contribution in [2.45, 2.75) is 44.5 Å². The molecule has 1 aliphatic rings. The highest BCUT2D eigenvalue weighted by atomic mass is 16.7. The Balaban J connectivity index is 2.73. The van der Waals surface area contributed by atoms with Gasteiger partial charge in [-0.25, -0.2) is 4.79 Å². The molecule has 1 rings (SSSR count). The van der Waals surface area contributed by atoms with Crippen molar-refractivity contribution in [3.63, 3.8) is 0 Å². The topological polar surface area (TPSA) is 114 Å². The molecule has 0 radical (unpaired) electrons. The van der Waals surface area contributed by atoms with Gasteiger partial charge >= 0.3 is 5.97 Å². The molecule has 5 atom stereocenters. The highest BCUT2D eigenvalue weighted by Gasteiger charge is 2.47. The van der Waals surface area contributed by atoms with E-state index in [4.69, 9.17) is 9.47 Å². The molecule has 0 aromatic rings. The van der Waals surface area contributed by atoms with E-state index in [2.05, 4.69) is 10.1 Å². The zero-order chi connectivity index (χ0) is 15.4. The Hall–Kier alpha value is -1.22. The molecule has 1 fully saturated rings. The van der Waals surface area contributed by atoms with Crippen molar-refractivity contribution in [3.05, 3.63) is 0 Å². The maximum absolute atomic E-state index is 12.0. The summed E-state index contributed by atoms with van der Waals surface area (Å²) in [6, 6.07) is -0.859. The van der Waals surface area contributed by atoms with Crippen LogP contribution in [0.4, 0.5) is 0 Å². The minimum Gasteiger partial charge on any atom is -0.467 e. The van der Waals surface area contributed by atoms with Crippen LogP contribution in [0.1, 0.15) is 13.8 Å². The standard InChI is InChI=1S/C12H21NO7/c1-5(2)6(11(17)18-3)13-10(16)9-7(14)8(15)12(19-4)20-9/h5-9,12,14-15H,1-4H3,(H,13,16)/t6-,7-,8+,9-,12+/m0/s1. The average Bonchev–Trinajstić information content (AvgIpc) is 2.71. The Morgan fingerprint density at radius 2 is 1.80 bits per heavy atom. The van der Waals surface area contributed by atoms with Crippen molar-refractivity contribution >= 4 is 11.9 Å². The largest absolute Gasteiger partial charge is 0.467 e. The van der Waals surface area contributed by atoms with Crippen LogP contribution in [0.2, 0.25) is 0 Å². The predicted octanol–water partition coefficient (Wildman–Crippen LogP) is -1.61. The van der Waals surface area contributed by atoms with Gasteiger partial charge in [-0.15, -0.1) is 0 Å². The van der Waals surface area contributed by atoms with Crippen molar-refractivity contribution in [3.8, 4) is 0 Å². The van der Waals surface area contributed by atoms with Crippen LogP contribution in [0.25, 0.3) is 0 Å². The summed E-state index contributed by atoms with van der Waals surface area (Å²) < 4.78 is 14.5. The van der Waals surface area contributed by atoms with Crippen LogP contribution in [-0.2, 0) is 23.8 Å². The third-order valence-electron chi connectivity index (χ3n) is 3.13. The van der Waals surface area contributed by atoms with Gasteiger partial charge in [0.05, 0.1) is 7.11 Å². The Labute approximate surface area is 117 Å². The number of carbonyl (C=O) groups is 2. The summed E-state index contributed by atoms with van der Waals surface area (Å²) >= 11 is 0. The number of esters is 1. The Bertz CT molecular complexity index is 360. The molecule has 0 bridgehead atoms. The summed E-state index contributed by atoms with van der Waals surface area (Å²) in [7, 11) is 2.50. The second-order valence-electron chi connectivity index (χ2n) is 4.90. The number of ether oxygens (including phenoxy) is 3. The molecule has 0 spiro atoms. The number of carbonyl (C=O) groups excluding carboxylic acids is 2. The number of rotatable bonds is 5. The number of hydrogen-bond acceptors (Lipinski definition) is 7. The quantitative estimate of drug-likeness (QED) is 0.522. The molecule has 20 heavy (non-hydrogen) atoms. The van der Waals surface area contributed by atoms with E-state index >= 15 is 0 Å². The van der Waals surface area contributed by atoms with Gasteiger partial charge in [-0.1, -0.05) is 13.8 Å². The molecule has 1 aliphatic heterocycles. The van der Waals surface area contributed by atoms with Crippen molar-refractivity contribution < 1.29 is 34.0 Å². The molecule has 0 aromatic carbocycles. The molecule has 116 valence electrons. The van der Waals surface area contributed by atoms with E-state index in [0.717, 1.165) is 0 Å². The second-order valence-corrected chi connectivity index (χ2v) is 4.90. The van der Waals surface area contributed by atoms with Crippen molar-refractivity contribution in [1.82, 2.24) is 5.32 Å². The van der Waals surface area contributed by atoms with Gasteiger partial charge in [0.25, 0.3) is 5.91 Å². The van der Waals surface area contributed by atoms with Gasteiger partial charge in [-0.2, -0.15) is 0 Å². The fraction of sp³-hybridized carbons (Fsp3) is 0.833. The lowest BCUT2D eigenvalue weighted by Gasteiger charge is -2.22. The molecular weight excluding hydrogens is 270 g/mol. The van der Waals surface area contributed by atoms with Crippen LogP contribution in [0.15, 0.2) is 0 Å². The maximum atomic E-state index is 12.0. The van der Waals surface area contributed by atoms with Gasteiger partial charge in [0.15, 0.2) is 12.4 Å². The molecule has 8 nitrogen and oxygen atoms in total. The molecule has 1 heterocycles. The molecule has 0 unspecified atom stereocenters. The smallest absolute Gasteiger partial charge is 0.328 e. The third-order valence-corrected chi connectivity index (χ3v) is 3.13. The van der Waals surface area contributed by atoms with Crippen LogP contribution in [0, 0.1) is 5.92 Å². The van der Waals surface area contributed by atoms with E-state index in [-0.39, 0.29) is 5.92 Å². The molecule has 3 N–H and O–H groups in total. The van der Waals surface area contributed by atoms with Crippen molar-refractivity contribution in [1.29, 1.82) is 0 Å². The fourth-order valence-corrected chi connectivity index (χ4v) is 1.92. The molecule has 0 aromatic heterocycles. The average molecular weight is 291 g/mol. The molecule has 8 heteroatoms. The van der Waals surface area contributed by atoms with Gasteiger partial charge < -0.3 is 29.7 Å². The second kappa shape index (κ2) is 6.98. The summed E-state index contributed by atoms with van der Waals surface area (Å²) in [4.78, 5) is 23.6. The zero-order valence-electron chi connectivity index (χ0n) is 11.9. The molecule has 1 amide bonds. The predicted molar refractivity (Wildman–Crippen MR) is 66.5 cm³/mol. The van der Waals surface area contributed by atoms with Crippen LogP contribution < -0.4 is 5.32 Å². The number of hydrogen-bond donors (Lipinski definition) is 3. The summed E-state index contributed by atoms with van der Waals surface area (Å²) in [5.41, 5.74) is 0. The first-order valence-corrected chi connectivity index (χ1v) is 6.26. The SMILES string of the molecule is COC(=O)[C@@H](NC(=O)[C@H]1O[C@@H](OC)[C@H](O)[C@@H]1O)C(C)C. The third kappa shape index (κ3) is 3.45. The maximum Gasteiger partial charge on any atom is 0.328 e. The minimum absolute atomic E-state index is 0.201. The molecular formula is C12H21NO7. The Kier molecular flexibility index (Phi) is 5.88. The van der Waals surface area contributed by atoms with E-state index in [1.54, 1.807) is 13.8 Å². The lowest BCUT2D eigenvalue weighted by Crippen LogP contribution is -2.51. The van der Waals surface area contributed by atoms with Crippen molar-refractivity contribution in [2.24, 2.45) is 5.92 Å². The Morgan fingerprint density at radius 3 is 2.20 bits per heavy atom. The highest BCUT2D eigenvalue weighted by Crippen LogP contribution is 2.22. The number of aliphatic hydroxyl groups is 2. The summed E-state index contributed by atoms with van der Waals surface area (Å²) in [5.74, 6) is -1.50. The van der Waals surface area contributed by atoms with Gasteiger partial charge in [0.2, 0.25) is 0 Å². The first kappa shape index (κ1) is 16.8. The monoisotopic (exact) mass is 291 g/mol. The van der Waals surface area contributed by atoms with E-state index in [9.17, 15) is 19.8 Å². The number of nitrogens with one attached hydrogen (secondary N) is 1. The van der Waals surface area contributed by atoms with Crippen LogP contribution >= 0.6 is 0 Å². The van der Waals surface area contributed by atoms with Crippen LogP contribution in [0.3, 0.4) is 0 Å². The van der Waals surface area contributed by atoms with Crippen molar-refractivity contribution in [2.75, 3.05) is 14.2 Å². The van der Waals surface area contributed by atoms with E-state index in [1.165, 1.54) is 14.2 Å². The fourth-order valence-electron chi connectivity index (χ4n) is 1.92. The zero-order valence-corrected chi connectivity index (χ0v) is 11.9. The molecule has 0 saturated carbocycles. The van der Waals surface area contributed by atoms with Gasteiger partial charge in [-0.05, 0) is 5.92 Å².